The van der Waals surface area contributed by atoms with Gasteiger partial charge in [-0.1, -0.05) is 18.2 Å². The van der Waals surface area contributed by atoms with E-state index in [2.05, 4.69) is 5.32 Å². The van der Waals surface area contributed by atoms with E-state index in [9.17, 15) is 14.0 Å². The number of hydrogen-bond acceptors (Lipinski definition) is 3. The fourth-order valence-corrected chi connectivity index (χ4v) is 2.69. The minimum absolute atomic E-state index is 0.0432. The van der Waals surface area contributed by atoms with Crippen molar-refractivity contribution < 1.29 is 18.7 Å². The van der Waals surface area contributed by atoms with E-state index in [1.165, 1.54) is 6.07 Å². The molecule has 1 aromatic carbocycles. The van der Waals surface area contributed by atoms with Gasteiger partial charge in [0.15, 0.2) is 0 Å². The van der Waals surface area contributed by atoms with Crippen LogP contribution in [0.2, 0.25) is 0 Å². The zero-order valence-electron chi connectivity index (χ0n) is 13.4. The van der Waals surface area contributed by atoms with E-state index in [1.807, 2.05) is 0 Å². The number of likely N-dealkylation sites (tertiary alicyclic amines) is 1. The van der Waals surface area contributed by atoms with Gasteiger partial charge in [-0.25, -0.2) is 4.39 Å². The molecule has 1 heterocycles. The average molecular weight is 322 g/mol. The first-order chi connectivity index (χ1) is 11.1. The molecule has 0 aromatic heterocycles. The van der Waals surface area contributed by atoms with Crippen molar-refractivity contribution in [2.45, 2.75) is 19.3 Å². The number of ether oxygens (including phenoxy) is 1. The van der Waals surface area contributed by atoms with E-state index in [-0.39, 0.29) is 30.0 Å². The molecule has 1 atom stereocenters. The van der Waals surface area contributed by atoms with Gasteiger partial charge in [0.2, 0.25) is 11.8 Å². The Hall–Kier alpha value is -1.95. The van der Waals surface area contributed by atoms with E-state index in [0.717, 1.165) is 6.42 Å². The predicted molar refractivity (Wildman–Crippen MR) is 84.3 cm³/mol. The summed E-state index contributed by atoms with van der Waals surface area (Å²) < 4.78 is 18.5. The third-order valence-electron chi connectivity index (χ3n) is 4.02. The smallest absolute Gasteiger partial charge is 0.225 e. The molecule has 1 aliphatic rings. The lowest BCUT2D eigenvalue weighted by Gasteiger charge is -2.16. The van der Waals surface area contributed by atoms with Crippen LogP contribution in [0, 0.1) is 11.7 Å². The van der Waals surface area contributed by atoms with Gasteiger partial charge in [-0.15, -0.1) is 0 Å². The Morgan fingerprint density at radius 2 is 2.22 bits per heavy atom. The lowest BCUT2D eigenvalue weighted by Crippen LogP contribution is -2.34. The molecular weight excluding hydrogens is 299 g/mol. The number of benzene rings is 1. The first-order valence-electron chi connectivity index (χ1n) is 7.89. The van der Waals surface area contributed by atoms with Crippen LogP contribution in [0.4, 0.5) is 4.39 Å². The largest absolute Gasteiger partial charge is 0.385 e. The molecular formula is C17H23FN2O3. The number of nitrogens with one attached hydrogen (secondary N) is 1. The number of rotatable bonds is 8. The Morgan fingerprint density at radius 3 is 2.96 bits per heavy atom. The first kappa shape index (κ1) is 17.4. The Kier molecular flexibility index (Phi) is 6.52. The van der Waals surface area contributed by atoms with Crippen LogP contribution in [-0.4, -0.2) is 50.1 Å². The fourth-order valence-electron chi connectivity index (χ4n) is 2.69. The minimum Gasteiger partial charge on any atom is -0.385 e. The van der Waals surface area contributed by atoms with Crippen molar-refractivity contribution in [3.63, 3.8) is 0 Å². The topological polar surface area (TPSA) is 58.6 Å². The summed E-state index contributed by atoms with van der Waals surface area (Å²) in [5.74, 6) is -0.710. The molecule has 0 aliphatic carbocycles. The number of halogens is 1. The van der Waals surface area contributed by atoms with Gasteiger partial charge in [0.1, 0.15) is 5.82 Å². The Bertz CT molecular complexity index is 550. The highest BCUT2D eigenvalue weighted by Crippen LogP contribution is 2.19. The van der Waals surface area contributed by atoms with Gasteiger partial charge in [0, 0.05) is 39.8 Å². The zero-order valence-corrected chi connectivity index (χ0v) is 13.4. The molecule has 1 aliphatic heterocycles. The summed E-state index contributed by atoms with van der Waals surface area (Å²) in [6.45, 7) is 1.99. The Labute approximate surface area is 135 Å². The third-order valence-corrected chi connectivity index (χ3v) is 4.02. The number of nitrogens with zero attached hydrogens (tertiary/aromatic N) is 1. The second kappa shape index (κ2) is 8.62. The maximum absolute atomic E-state index is 13.6. The molecule has 1 saturated heterocycles. The monoisotopic (exact) mass is 322 g/mol. The Morgan fingerprint density at radius 1 is 1.43 bits per heavy atom. The van der Waals surface area contributed by atoms with Crippen LogP contribution in [0.5, 0.6) is 0 Å². The van der Waals surface area contributed by atoms with Crippen LogP contribution >= 0.6 is 0 Å². The van der Waals surface area contributed by atoms with Crippen LogP contribution in [0.15, 0.2) is 24.3 Å². The predicted octanol–water partition coefficient (Wildman–Crippen LogP) is 1.37. The summed E-state index contributed by atoms with van der Waals surface area (Å²) in [5.41, 5.74) is 0.591. The fraction of sp³-hybridized carbons (Fsp3) is 0.529. The van der Waals surface area contributed by atoms with E-state index in [1.54, 1.807) is 30.2 Å². The van der Waals surface area contributed by atoms with Gasteiger partial charge in [0.05, 0.1) is 5.92 Å². The lowest BCUT2D eigenvalue weighted by atomic mass is 10.1. The van der Waals surface area contributed by atoms with Crippen molar-refractivity contribution in [3.05, 3.63) is 35.6 Å². The maximum Gasteiger partial charge on any atom is 0.225 e. The van der Waals surface area contributed by atoms with Gasteiger partial charge < -0.3 is 15.0 Å². The summed E-state index contributed by atoms with van der Waals surface area (Å²) >= 11 is 0. The Balaban J connectivity index is 1.78. The summed E-state index contributed by atoms with van der Waals surface area (Å²) in [6.07, 6.45) is 1.44. The van der Waals surface area contributed by atoms with Gasteiger partial charge in [0.25, 0.3) is 0 Å². The highest BCUT2D eigenvalue weighted by molar-refractivity contribution is 5.89. The van der Waals surface area contributed by atoms with Gasteiger partial charge >= 0.3 is 0 Å². The van der Waals surface area contributed by atoms with Crippen LogP contribution in [-0.2, 0) is 20.7 Å². The molecule has 1 fully saturated rings. The number of amides is 2. The number of carbonyl (C=O) groups is 2. The van der Waals surface area contributed by atoms with Crippen molar-refractivity contribution in [2.24, 2.45) is 5.92 Å². The highest BCUT2D eigenvalue weighted by Gasteiger charge is 2.33. The van der Waals surface area contributed by atoms with E-state index in [0.29, 0.717) is 38.2 Å². The van der Waals surface area contributed by atoms with Crippen LogP contribution in [0.25, 0.3) is 0 Å². The quantitative estimate of drug-likeness (QED) is 0.736. The SMILES string of the molecule is COCCCNC(=O)C1CC(=O)N(CCc2ccccc2F)C1. The van der Waals surface area contributed by atoms with Crippen LogP contribution in [0.3, 0.4) is 0 Å². The highest BCUT2D eigenvalue weighted by atomic mass is 19.1. The molecule has 1 unspecified atom stereocenters. The molecule has 0 bridgehead atoms. The van der Waals surface area contributed by atoms with E-state index < -0.39 is 0 Å². The summed E-state index contributed by atoms with van der Waals surface area (Å²) in [4.78, 5) is 25.7. The molecule has 1 N–H and O–H groups in total. The average Bonchev–Trinajstić information content (AvgIpc) is 2.92. The van der Waals surface area contributed by atoms with Gasteiger partial charge in [-0.3, -0.25) is 9.59 Å². The van der Waals surface area contributed by atoms with Crippen LogP contribution in [0.1, 0.15) is 18.4 Å². The molecule has 23 heavy (non-hydrogen) atoms. The molecule has 0 saturated carbocycles. The lowest BCUT2D eigenvalue weighted by molar-refractivity contribution is -0.129. The standard InChI is InChI=1S/C17H23FN2O3/c1-23-10-4-8-19-17(22)14-11-16(21)20(12-14)9-7-13-5-2-3-6-15(13)18/h2-3,5-6,14H,4,7-12H2,1H3,(H,19,22). The summed E-state index contributed by atoms with van der Waals surface area (Å²) in [7, 11) is 1.62. The second-order valence-corrected chi connectivity index (χ2v) is 5.72. The summed E-state index contributed by atoms with van der Waals surface area (Å²) in [6, 6.07) is 6.55. The van der Waals surface area contributed by atoms with Gasteiger partial charge in [-0.2, -0.15) is 0 Å². The molecule has 2 rings (SSSR count). The number of carbonyl (C=O) groups excluding carboxylic acids is 2. The van der Waals surface area contributed by atoms with Gasteiger partial charge in [-0.05, 0) is 24.5 Å². The van der Waals surface area contributed by atoms with Crippen molar-refractivity contribution in [2.75, 3.05) is 33.4 Å². The first-order valence-corrected chi connectivity index (χ1v) is 7.89. The van der Waals surface area contributed by atoms with E-state index in [4.69, 9.17) is 4.74 Å². The third kappa shape index (κ3) is 5.03. The van der Waals surface area contributed by atoms with Crippen LogP contribution < -0.4 is 5.32 Å². The number of methoxy groups -OCH3 is 1. The minimum atomic E-state index is -0.314. The molecule has 126 valence electrons. The van der Waals surface area contributed by atoms with E-state index >= 15 is 0 Å². The zero-order chi connectivity index (χ0) is 16.7. The molecule has 0 spiro atoms. The molecule has 5 nitrogen and oxygen atoms in total. The second-order valence-electron chi connectivity index (χ2n) is 5.72. The maximum atomic E-state index is 13.6. The normalized spacial score (nSPS) is 17.6. The number of hydrogen-bond donors (Lipinski definition) is 1. The van der Waals surface area contributed by atoms with Crippen molar-refractivity contribution >= 4 is 11.8 Å². The van der Waals surface area contributed by atoms with Crippen molar-refractivity contribution in [3.8, 4) is 0 Å². The molecule has 1 aromatic rings. The summed E-state index contributed by atoms with van der Waals surface area (Å²) in [5, 5.41) is 2.83. The molecule has 6 heteroatoms. The van der Waals surface area contributed by atoms with Crippen molar-refractivity contribution in [1.29, 1.82) is 0 Å². The molecule has 0 radical (unpaired) electrons. The molecule has 2 amide bonds. The van der Waals surface area contributed by atoms with Crippen molar-refractivity contribution in [1.82, 2.24) is 10.2 Å².